The van der Waals surface area contributed by atoms with E-state index in [0.717, 1.165) is 39.1 Å². The van der Waals surface area contributed by atoms with E-state index in [1.54, 1.807) is 22.3 Å². The van der Waals surface area contributed by atoms with Crippen molar-refractivity contribution in [1.82, 2.24) is 14.9 Å². The first-order chi connectivity index (χ1) is 16.5. The molecule has 35 heavy (non-hydrogen) atoms. The van der Waals surface area contributed by atoms with Gasteiger partial charge < -0.3 is 4.90 Å². The highest BCUT2D eigenvalue weighted by atomic mass is 35.5. The Hall–Kier alpha value is -2.91. The number of rotatable bonds is 7. The number of benzene rings is 2. The number of thiophene rings is 1. The summed E-state index contributed by atoms with van der Waals surface area (Å²) < 4.78 is 15.1. The predicted molar refractivity (Wildman–Crippen MR) is 147 cm³/mol. The summed E-state index contributed by atoms with van der Waals surface area (Å²) in [7, 11) is 4.01. The van der Waals surface area contributed by atoms with Crippen LogP contribution in [0.2, 0.25) is 0 Å². The van der Waals surface area contributed by atoms with Gasteiger partial charge in [-0.15, -0.1) is 23.7 Å². The third-order valence-electron chi connectivity index (χ3n) is 5.54. The number of para-hydroxylation sites is 2. The second-order valence-corrected chi connectivity index (χ2v) is 10.2. The van der Waals surface area contributed by atoms with Crippen molar-refractivity contribution in [2.24, 2.45) is 0 Å². The predicted octanol–water partition coefficient (Wildman–Crippen LogP) is 6.73. The number of hydrogen-bond donors (Lipinski definition) is 0. The van der Waals surface area contributed by atoms with Crippen LogP contribution in [0.5, 0.6) is 0 Å². The number of thiazole rings is 1. The van der Waals surface area contributed by atoms with Crippen molar-refractivity contribution in [3.8, 4) is 10.6 Å². The number of halogens is 2. The number of anilines is 1. The van der Waals surface area contributed by atoms with Gasteiger partial charge in [0, 0.05) is 11.9 Å². The lowest BCUT2D eigenvalue weighted by Gasteiger charge is -2.22. The highest BCUT2D eigenvalue weighted by molar-refractivity contribution is 7.22. The van der Waals surface area contributed by atoms with Crippen molar-refractivity contribution in [2.75, 3.05) is 32.1 Å². The second kappa shape index (κ2) is 10.8. The fraction of sp³-hybridized carbons (Fsp3) is 0.192. The minimum Gasteiger partial charge on any atom is -0.309 e. The molecule has 5 nitrogen and oxygen atoms in total. The molecule has 180 valence electrons. The van der Waals surface area contributed by atoms with Crippen LogP contribution in [0.3, 0.4) is 0 Å². The molecule has 0 fully saturated rings. The summed E-state index contributed by atoms with van der Waals surface area (Å²) in [6.45, 7) is 1.30. The first kappa shape index (κ1) is 25.2. The molecule has 1 amide bonds. The Morgan fingerprint density at radius 2 is 1.83 bits per heavy atom. The number of carbonyl (C=O) groups excluding carboxylic acids is 1. The van der Waals surface area contributed by atoms with E-state index in [9.17, 15) is 9.18 Å². The average Bonchev–Trinajstić information content (AvgIpc) is 3.52. The standard InChI is InChI=1S/C26H23FN4OS2.ClH/c1-30(2)13-7-14-31(26-29-24-19(27)9-5-11-23(24)34-26)25(32)18-16-21(22-12-6-15-33-22)28-20-10-4-3-8-17(18)20;/h3-6,8-12,15-16H,7,13-14H2,1-2H3;1H. The monoisotopic (exact) mass is 526 g/mol. The molecule has 3 aromatic heterocycles. The van der Waals surface area contributed by atoms with E-state index < -0.39 is 0 Å². The van der Waals surface area contributed by atoms with Crippen molar-refractivity contribution in [2.45, 2.75) is 6.42 Å². The molecule has 0 aliphatic heterocycles. The van der Waals surface area contributed by atoms with E-state index in [-0.39, 0.29) is 24.1 Å². The molecular weight excluding hydrogens is 503 g/mol. The Morgan fingerprint density at radius 3 is 2.57 bits per heavy atom. The van der Waals surface area contributed by atoms with Crippen LogP contribution in [0.4, 0.5) is 9.52 Å². The van der Waals surface area contributed by atoms with E-state index in [1.165, 1.54) is 17.4 Å². The van der Waals surface area contributed by atoms with Crippen LogP contribution in [0.1, 0.15) is 16.8 Å². The van der Waals surface area contributed by atoms with E-state index >= 15 is 0 Å². The van der Waals surface area contributed by atoms with Gasteiger partial charge in [0.25, 0.3) is 5.91 Å². The van der Waals surface area contributed by atoms with Crippen LogP contribution in [-0.2, 0) is 0 Å². The van der Waals surface area contributed by atoms with Crippen LogP contribution in [0.25, 0.3) is 31.7 Å². The smallest absolute Gasteiger partial charge is 0.260 e. The highest BCUT2D eigenvalue weighted by Gasteiger charge is 2.24. The molecule has 0 bridgehead atoms. The molecule has 0 aliphatic rings. The molecule has 0 saturated carbocycles. The number of fused-ring (bicyclic) bond motifs is 2. The van der Waals surface area contributed by atoms with Gasteiger partial charge in [-0.3, -0.25) is 9.69 Å². The van der Waals surface area contributed by atoms with Crippen molar-refractivity contribution in [3.63, 3.8) is 0 Å². The highest BCUT2D eigenvalue weighted by Crippen LogP contribution is 2.33. The SMILES string of the molecule is CN(C)CCCN(C(=O)c1cc(-c2cccs2)nc2ccccc12)c1nc2c(F)cccc2s1.Cl. The zero-order valence-electron chi connectivity index (χ0n) is 19.3. The van der Waals surface area contributed by atoms with Gasteiger partial charge >= 0.3 is 0 Å². The van der Waals surface area contributed by atoms with Crippen molar-refractivity contribution in [3.05, 3.63) is 77.4 Å². The second-order valence-electron chi connectivity index (χ2n) is 8.25. The minimum atomic E-state index is -0.380. The fourth-order valence-electron chi connectivity index (χ4n) is 3.90. The summed E-state index contributed by atoms with van der Waals surface area (Å²) in [4.78, 5) is 28.2. The summed E-state index contributed by atoms with van der Waals surface area (Å²) in [5.74, 6) is -0.537. The maximum absolute atomic E-state index is 14.4. The Kier molecular flexibility index (Phi) is 7.76. The number of nitrogens with zero attached hydrogens (tertiary/aromatic N) is 4. The van der Waals surface area contributed by atoms with E-state index in [0.29, 0.717) is 22.8 Å². The number of aromatic nitrogens is 2. The zero-order valence-corrected chi connectivity index (χ0v) is 21.7. The number of amides is 1. The molecule has 5 aromatic rings. The fourth-order valence-corrected chi connectivity index (χ4v) is 5.59. The molecule has 3 heterocycles. The van der Waals surface area contributed by atoms with Gasteiger partial charge in [-0.2, -0.15) is 0 Å². The lowest BCUT2D eigenvalue weighted by molar-refractivity contribution is 0.0987. The maximum atomic E-state index is 14.4. The normalized spacial score (nSPS) is 11.2. The van der Waals surface area contributed by atoms with Crippen LogP contribution in [-0.4, -0.2) is 48.0 Å². The van der Waals surface area contributed by atoms with Crippen LogP contribution >= 0.6 is 35.1 Å². The molecule has 2 aromatic carbocycles. The van der Waals surface area contributed by atoms with Gasteiger partial charge in [-0.25, -0.2) is 14.4 Å². The minimum absolute atomic E-state index is 0. The Bertz CT molecular complexity index is 1470. The van der Waals surface area contributed by atoms with E-state index in [4.69, 9.17) is 4.98 Å². The zero-order chi connectivity index (χ0) is 23.7. The molecular formula is C26H24ClFN4OS2. The molecule has 0 unspecified atom stereocenters. The van der Waals surface area contributed by atoms with Gasteiger partial charge in [0.05, 0.1) is 26.4 Å². The Labute approximate surface area is 217 Å². The van der Waals surface area contributed by atoms with Crippen LogP contribution in [0.15, 0.2) is 66.0 Å². The Balaban J connectivity index is 0.00000289. The number of pyridine rings is 1. The summed E-state index contributed by atoms with van der Waals surface area (Å²) in [5.41, 5.74) is 2.39. The number of hydrogen-bond acceptors (Lipinski definition) is 6. The summed E-state index contributed by atoms with van der Waals surface area (Å²) >= 11 is 2.92. The lowest BCUT2D eigenvalue weighted by Crippen LogP contribution is -2.33. The van der Waals surface area contributed by atoms with E-state index in [1.807, 2.05) is 68.0 Å². The third-order valence-corrected chi connectivity index (χ3v) is 7.48. The molecule has 9 heteroatoms. The molecule has 0 radical (unpaired) electrons. The quantitative estimate of drug-likeness (QED) is 0.236. The third kappa shape index (κ3) is 5.21. The first-order valence-corrected chi connectivity index (χ1v) is 12.7. The summed E-state index contributed by atoms with van der Waals surface area (Å²) in [5, 5.41) is 3.29. The number of carbonyl (C=O) groups is 1. The van der Waals surface area contributed by atoms with Crippen LogP contribution in [0, 0.1) is 5.82 Å². The molecule has 0 spiro atoms. The Morgan fingerprint density at radius 1 is 1.00 bits per heavy atom. The van der Waals surface area contributed by atoms with Crippen molar-refractivity contribution in [1.29, 1.82) is 0 Å². The summed E-state index contributed by atoms with van der Waals surface area (Å²) in [6.07, 6.45) is 0.762. The topological polar surface area (TPSA) is 49.3 Å². The molecule has 0 saturated heterocycles. The molecule has 5 rings (SSSR count). The lowest BCUT2D eigenvalue weighted by atomic mass is 10.1. The van der Waals surface area contributed by atoms with Crippen molar-refractivity contribution < 1.29 is 9.18 Å². The van der Waals surface area contributed by atoms with Crippen molar-refractivity contribution >= 4 is 67.2 Å². The van der Waals surface area contributed by atoms with Gasteiger partial charge in [0.2, 0.25) is 0 Å². The van der Waals surface area contributed by atoms with Crippen LogP contribution < -0.4 is 4.90 Å². The van der Waals surface area contributed by atoms with Gasteiger partial charge in [-0.05, 0) is 62.8 Å². The first-order valence-electron chi connectivity index (χ1n) is 11.0. The maximum Gasteiger partial charge on any atom is 0.260 e. The van der Waals surface area contributed by atoms with Gasteiger partial charge in [-0.1, -0.05) is 41.7 Å². The van der Waals surface area contributed by atoms with Gasteiger partial charge in [0.1, 0.15) is 11.3 Å². The van der Waals surface area contributed by atoms with Gasteiger partial charge in [0.15, 0.2) is 5.13 Å². The molecule has 0 atom stereocenters. The summed E-state index contributed by atoms with van der Waals surface area (Å²) in [6, 6.07) is 18.4. The molecule has 0 N–H and O–H groups in total. The largest absolute Gasteiger partial charge is 0.309 e. The molecule has 0 aliphatic carbocycles. The average molecular weight is 527 g/mol. The van der Waals surface area contributed by atoms with E-state index in [2.05, 4.69) is 9.88 Å².